The number of hydrogen-bond acceptors (Lipinski definition) is 2. The Labute approximate surface area is 321 Å². The van der Waals surface area contributed by atoms with Gasteiger partial charge in [0.05, 0.1) is 27.9 Å². The molecule has 0 aliphatic rings. The third kappa shape index (κ3) is 8.85. The Morgan fingerprint density at radius 3 is 1.50 bits per heavy atom. The number of aromatic nitrogens is 1. The van der Waals surface area contributed by atoms with Gasteiger partial charge in [-0.2, -0.15) is 26.3 Å². The number of nitrogens with one attached hydrogen (secondary N) is 2. The molecular weight excluding hydrogens is 787 g/mol. The number of carbonyl (C=O) groups excluding carboxylic acids is 2. The number of amides is 2. The maximum absolute atomic E-state index is 13.8. The van der Waals surface area contributed by atoms with Crippen LogP contribution in [0.25, 0.3) is 27.9 Å². The third-order valence-electron chi connectivity index (χ3n) is 8.53. The molecule has 0 fully saturated rings. The molecule has 2 amide bonds. The van der Waals surface area contributed by atoms with E-state index >= 15 is 0 Å². The van der Waals surface area contributed by atoms with Gasteiger partial charge >= 0.3 is 12.4 Å². The number of pyridine rings is 1. The van der Waals surface area contributed by atoms with E-state index in [2.05, 4.69) is 10.6 Å². The van der Waals surface area contributed by atoms with Crippen LogP contribution < -0.4 is 10.6 Å². The molecule has 0 bridgehead atoms. The van der Waals surface area contributed by atoms with Crippen LogP contribution in [-0.4, -0.2) is 16.2 Å². The molecule has 2 aromatic heterocycles. The molecule has 0 aliphatic heterocycles. The number of nitrogens with zero attached hydrogens (tertiary/aromatic N) is 1. The third-order valence-corrected chi connectivity index (χ3v) is 8.53. The van der Waals surface area contributed by atoms with Gasteiger partial charge in [0.2, 0.25) is 0 Å². The van der Waals surface area contributed by atoms with Gasteiger partial charge in [0.1, 0.15) is 5.82 Å². The molecule has 5 aromatic carbocycles. The molecule has 0 aliphatic carbocycles. The molecule has 58 heavy (non-hydrogen) atoms. The molecule has 0 radical (unpaired) electrons. The van der Waals surface area contributed by atoms with Gasteiger partial charge in [-0.15, -0.1) is 0 Å². The predicted octanol–water partition coefficient (Wildman–Crippen LogP) is 12.2. The van der Waals surface area contributed by atoms with Gasteiger partial charge in [-0.25, -0.2) is 22.0 Å². The summed E-state index contributed by atoms with van der Waals surface area (Å²) >= 11 is 0. The average molecular weight is 812 g/mol. The molecule has 0 atom stereocenters. The van der Waals surface area contributed by atoms with Crippen molar-refractivity contribution in [1.82, 2.24) is 4.40 Å². The van der Waals surface area contributed by atoms with E-state index < -0.39 is 75.5 Å². The highest BCUT2D eigenvalue weighted by molar-refractivity contribution is 6.05. The molecule has 296 valence electrons. The Morgan fingerprint density at radius 2 is 1.00 bits per heavy atom. The van der Waals surface area contributed by atoms with Crippen molar-refractivity contribution in [3.05, 3.63) is 185 Å². The van der Waals surface area contributed by atoms with Crippen molar-refractivity contribution in [3.8, 4) is 22.4 Å². The first-order valence-electron chi connectivity index (χ1n) is 16.7. The maximum atomic E-state index is 13.8. The van der Waals surface area contributed by atoms with E-state index in [1.807, 2.05) is 0 Å². The Kier molecular flexibility index (Phi) is 11.4. The van der Waals surface area contributed by atoms with Crippen molar-refractivity contribution in [2.45, 2.75) is 12.4 Å². The number of carbonyl (C=O) groups is 2. The number of anilines is 2. The van der Waals surface area contributed by atoms with E-state index in [1.165, 1.54) is 71.3 Å². The van der Waals surface area contributed by atoms with Gasteiger partial charge in [0, 0.05) is 23.1 Å². The minimum atomic E-state index is -4.75. The lowest BCUT2D eigenvalue weighted by atomic mass is 9.99. The molecule has 7 rings (SSSR count). The summed E-state index contributed by atoms with van der Waals surface area (Å²) in [7, 11) is 0. The molecule has 0 saturated carbocycles. The van der Waals surface area contributed by atoms with Gasteiger partial charge < -0.3 is 15.0 Å². The minimum absolute atomic E-state index is 0.0350. The number of fused-ring (bicyclic) bond motifs is 1. The summed E-state index contributed by atoms with van der Waals surface area (Å²) in [6.45, 7) is 0. The molecule has 5 nitrogen and oxygen atoms in total. The first kappa shape index (κ1) is 40.7. The van der Waals surface area contributed by atoms with Crippen molar-refractivity contribution in [2.24, 2.45) is 0 Å². The number of halogens is 11. The lowest BCUT2D eigenvalue weighted by Gasteiger charge is -2.14. The van der Waals surface area contributed by atoms with Gasteiger partial charge in [0.15, 0.2) is 23.3 Å². The normalized spacial score (nSPS) is 11.5. The summed E-state index contributed by atoms with van der Waals surface area (Å²) in [5.74, 6) is -7.72. The molecule has 16 heteroatoms. The standard InChI is InChI=1S/C22H13F5N2O.C20H11F6NO/c23-18-6-3-5-16(19(18)24)21(30)28-14-9-7-13(8-10-14)20-17(22(25,26)27)12-15-4-1-2-11-29(15)20;21-12-6-9-14(16(10-12)20(24,25)26)11-4-7-13(8-5-11)27-19(28)15-2-1-3-17(22)18(15)23/h1-12H,(H,28,30);1-10H,(H,27,28). The lowest BCUT2D eigenvalue weighted by Crippen LogP contribution is -2.14. The molecule has 2 heterocycles. The lowest BCUT2D eigenvalue weighted by molar-refractivity contribution is -0.138. The molecule has 7 aromatic rings. The fraction of sp³-hybridized carbons (Fsp3) is 0.0476. The van der Waals surface area contributed by atoms with Crippen LogP contribution in [0.3, 0.4) is 0 Å². The van der Waals surface area contributed by atoms with Gasteiger partial charge in [-0.05, 0) is 95.6 Å². The topological polar surface area (TPSA) is 62.6 Å². The average Bonchev–Trinajstić information content (AvgIpc) is 3.58. The quantitative estimate of drug-likeness (QED) is 0.164. The second kappa shape index (κ2) is 16.3. The van der Waals surface area contributed by atoms with Crippen molar-refractivity contribution in [1.29, 1.82) is 0 Å². The van der Waals surface area contributed by atoms with Crippen LogP contribution in [0.5, 0.6) is 0 Å². The second-order valence-electron chi connectivity index (χ2n) is 12.4. The molecule has 0 spiro atoms. The molecular formula is C42H24F11N3O2. The van der Waals surface area contributed by atoms with Crippen molar-refractivity contribution in [3.63, 3.8) is 0 Å². The highest BCUT2D eigenvalue weighted by Crippen LogP contribution is 2.40. The Hall–Kier alpha value is -6.97. The highest BCUT2D eigenvalue weighted by Gasteiger charge is 2.36. The Bertz CT molecular complexity index is 2630. The van der Waals surface area contributed by atoms with E-state index in [0.717, 1.165) is 42.5 Å². The second-order valence-corrected chi connectivity index (χ2v) is 12.4. The largest absolute Gasteiger partial charge is 0.418 e. The zero-order valence-electron chi connectivity index (χ0n) is 29.1. The summed E-state index contributed by atoms with van der Waals surface area (Å²) < 4.78 is 149. The maximum Gasteiger partial charge on any atom is 0.418 e. The van der Waals surface area contributed by atoms with E-state index in [4.69, 9.17) is 0 Å². The number of rotatable bonds is 6. The Morgan fingerprint density at radius 1 is 0.500 bits per heavy atom. The Balaban J connectivity index is 0.000000196. The SMILES string of the molecule is O=C(Nc1ccc(-c2c(C(F)(F)F)cc3ccccn23)cc1)c1cccc(F)c1F.O=C(Nc1ccc(-c2ccc(F)cc2C(F)(F)F)cc1)c1cccc(F)c1F. The van der Waals surface area contributed by atoms with Crippen LogP contribution in [0.15, 0.2) is 134 Å². The molecule has 2 N–H and O–H groups in total. The fourth-order valence-corrected chi connectivity index (χ4v) is 5.84. The number of alkyl halides is 6. The summed E-state index contributed by atoms with van der Waals surface area (Å²) in [6.07, 6.45) is -7.77. The highest BCUT2D eigenvalue weighted by atomic mass is 19.4. The fourth-order valence-electron chi connectivity index (χ4n) is 5.84. The van der Waals surface area contributed by atoms with Crippen LogP contribution in [0.1, 0.15) is 31.8 Å². The number of benzene rings is 5. The number of hydrogen-bond donors (Lipinski definition) is 2. The van der Waals surface area contributed by atoms with Gasteiger partial charge in [-0.3, -0.25) is 9.59 Å². The van der Waals surface area contributed by atoms with E-state index in [0.29, 0.717) is 11.6 Å². The van der Waals surface area contributed by atoms with Gasteiger partial charge in [-0.1, -0.05) is 48.5 Å². The molecule has 0 unspecified atom stereocenters. The van der Waals surface area contributed by atoms with Crippen molar-refractivity contribution < 1.29 is 57.9 Å². The summed E-state index contributed by atoms with van der Waals surface area (Å²) in [4.78, 5) is 24.2. The van der Waals surface area contributed by atoms with E-state index in [1.54, 1.807) is 18.2 Å². The minimum Gasteiger partial charge on any atom is -0.322 e. The van der Waals surface area contributed by atoms with Crippen molar-refractivity contribution in [2.75, 3.05) is 10.6 Å². The first-order valence-corrected chi connectivity index (χ1v) is 16.7. The van der Waals surface area contributed by atoms with Gasteiger partial charge in [0.25, 0.3) is 11.8 Å². The van der Waals surface area contributed by atoms with E-state index in [9.17, 15) is 57.9 Å². The summed E-state index contributed by atoms with van der Waals surface area (Å²) in [5.41, 5.74) is -1.98. The van der Waals surface area contributed by atoms with E-state index in [-0.39, 0.29) is 33.8 Å². The van der Waals surface area contributed by atoms with Crippen LogP contribution in [0.4, 0.5) is 59.7 Å². The monoisotopic (exact) mass is 811 g/mol. The summed E-state index contributed by atoms with van der Waals surface area (Å²) in [5, 5.41) is 4.74. The smallest absolute Gasteiger partial charge is 0.322 e. The summed E-state index contributed by atoms with van der Waals surface area (Å²) in [6, 6.07) is 25.4. The first-order chi connectivity index (χ1) is 27.4. The predicted molar refractivity (Wildman–Crippen MR) is 193 cm³/mol. The van der Waals surface area contributed by atoms with Crippen LogP contribution >= 0.6 is 0 Å². The van der Waals surface area contributed by atoms with Crippen LogP contribution in [0.2, 0.25) is 0 Å². The van der Waals surface area contributed by atoms with Crippen molar-refractivity contribution >= 4 is 28.7 Å². The zero-order valence-corrected chi connectivity index (χ0v) is 29.1. The van der Waals surface area contributed by atoms with Crippen LogP contribution in [-0.2, 0) is 12.4 Å². The van der Waals surface area contributed by atoms with Crippen LogP contribution in [0, 0.1) is 29.1 Å². The zero-order chi connectivity index (χ0) is 41.9. The molecule has 0 saturated heterocycles.